The summed E-state index contributed by atoms with van der Waals surface area (Å²) in [6.07, 6.45) is 1.60. The molecule has 0 saturated heterocycles. The molecule has 0 fully saturated rings. The fourth-order valence-electron chi connectivity index (χ4n) is 3.01. The first-order valence-corrected chi connectivity index (χ1v) is 10.9. The largest absolute Gasteiger partial charge is 0.609 e. The number of benzene rings is 1. The van der Waals surface area contributed by atoms with Crippen molar-refractivity contribution in [2.75, 3.05) is 6.26 Å². The van der Waals surface area contributed by atoms with Crippen LogP contribution in [0.2, 0.25) is 0 Å². The minimum absolute atomic E-state index is 0.0768. The molecule has 1 unspecified atom stereocenters. The number of aliphatic imine (C=N–C) groups is 1. The van der Waals surface area contributed by atoms with Gasteiger partial charge in [-0.05, 0) is 43.5 Å². The van der Waals surface area contributed by atoms with Crippen molar-refractivity contribution in [2.45, 2.75) is 24.8 Å². The van der Waals surface area contributed by atoms with Gasteiger partial charge < -0.3 is 9.12 Å². The molecule has 166 valence electrons. The lowest BCUT2D eigenvalue weighted by Crippen LogP contribution is -2.19. The quantitative estimate of drug-likeness (QED) is 0.309. The van der Waals surface area contributed by atoms with Crippen molar-refractivity contribution in [2.24, 2.45) is 4.99 Å². The maximum absolute atomic E-state index is 13.3. The summed E-state index contributed by atoms with van der Waals surface area (Å²) in [5.41, 5.74) is 0.956. The molecular weight excluding hydrogens is 441 g/mol. The molecule has 0 bridgehead atoms. The molecule has 1 aromatic carbocycles. The van der Waals surface area contributed by atoms with Gasteiger partial charge in [-0.25, -0.2) is 0 Å². The summed E-state index contributed by atoms with van der Waals surface area (Å²) in [4.78, 5) is 23.7. The Morgan fingerprint density at radius 3 is 2.59 bits per heavy atom. The van der Waals surface area contributed by atoms with E-state index in [0.29, 0.717) is 5.69 Å². The zero-order valence-electron chi connectivity index (χ0n) is 17.3. The van der Waals surface area contributed by atoms with Crippen molar-refractivity contribution in [1.82, 2.24) is 14.5 Å². The van der Waals surface area contributed by atoms with E-state index in [0.717, 1.165) is 17.2 Å². The Hall–Kier alpha value is -3.24. The normalized spacial score (nSPS) is 12.8. The lowest BCUT2D eigenvalue weighted by atomic mass is 10.1. The first-order chi connectivity index (χ1) is 15.1. The van der Waals surface area contributed by atoms with Crippen molar-refractivity contribution in [1.29, 1.82) is 0 Å². The van der Waals surface area contributed by atoms with Crippen molar-refractivity contribution in [3.63, 3.8) is 0 Å². The summed E-state index contributed by atoms with van der Waals surface area (Å²) in [5.74, 6) is 0. The molecule has 3 aromatic rings. The van der Waals surface area contributed by atoms with Crippen LogP contribution in [0.1, 0.15) is 23.7 Å². The van der Waals surface area contributed by atoms with Crippen molar-refractivity contribution in [3.05, 3.63) is 75.8 Å². The average molecular weight is 460 g/mol. The van der Waals surface area contributed by atoms with Crippen molar-refractivity contribution in [3.8, 4) is 11.3 Å². The summed E-state index contributed by atoms with van der Waals surface area (Å²) in [6, 6.07) is 8.82. The van der Waals surface area contributed by atoms with Crippen LogP contribution in [0, 0.1) is 0 Å². The van der Waals surface area contributed by atoms with Crippen LogP contribution in [0.3, 0.4) is 0 Å². The Kier molecular flexibility index (Phi) is 6.95. The summed E-state index contributed by atoms with van der Waals surface area (Å²) in [6.45, 7) is 5.58. The van der Waals surface area contributed by atoms with Gasteiger partial charge >= 0.3 is 11.3 Å². The van der Waals surface area contributed by atoms with Gasteiger partial charge in [-0.3, -0.25) is 9.79 Å². The minimum Gasteiger partial charge on any atom is -0.609 e. The summed E-state index contributed by atoms with van der Waals surface area (Å²) >= 11 is -1.82. The van der Waals surface area contributed by atoms with E-state index in [1.807, 2.05) is 25.1 Å². The SMILES string of the molecule is C=Nc1ccc(Cn2cc(-c3cc(C(F)(F)F)nc([S+](C)[O-])n3)ccc2=O)cc1/C=C\C. The topological polar surface area (TPSA) is 83.2 Å². The van der Waals surface area contributed by atoms with Gasteiger partial charge in [0.1, 0.15) is 6.26 Å². The van der Waals surface area contributed by atoms with Crippen LogP contribution in [0.4, 0.5) is 18.9 Å². The number of rotatable bonds is 6. The zero-order valence-corrected chi connectivity index (χ0v) is 18.1. The highest BCUT2D eigenvalue weighted by atomic mass is 32.2. The van der Waals surface area contributed by atoms with Crippen LogP contribution in [0.5, 0.6) is 0 Å². The fourth-order valence-corrected chi connectivity index (χ4v) is 3.46. The number of halogens is 3. The maximum Gasteiger partial charge on any atom is 0.433 e. The number of allylic oxidation sites excluding steroid dienone is 1. The first-order valence-electron chi connectivity index (χ1n) is 9.35. The third kappa shape index (κ3) is 5.32. The van der Waals surface area contributed by atoms with E-state index in [1.165, 1.54) is 29.2 Å². The van der Waals surface area contributed by atoms with Crippen LogP contribution in [-0.2, 0) is 23.9 Å². The standard InChI is InChI=1S/C22H19F3N4O2S/c1-4-5-15-10-14(6-8-17(15)26-2)12-29-13-16(7-9-20(29)30)18-11-19(22(23,24)25)28-21(27-18)32(3)31/h4-11,13H,2,12H2,1,3H3/b5-4-. The molecular formula is C22H19F3N4O2S. The molecule has 10 heteroatoms. The third-order valence-corrected chi connectivity index (χ3v) is 5.19. The number of pyridine rings is 1. The number of alkyl halides is 3. The van der Waals surface area contributed by atoms with Gasteiger partial charge in [0.25, 0.3) is 5.56 Å². The highest BCUT2D eigenvalue weighted by molar-refractivity contribution is 7.90. The van der Waals surface area contributed by atoms with Crippen LogP contribution < -0.4 is 5.56 Å². The lowest BCUT2D eigenvalue weighted by molar-refractivity contribution is -0.141. The Labute approximate surface area is 185 Å². The smallest absolute Gasteiger partial charge is 0.433 e. The van der Waals surface area contributed by atoms with E-state index < -0.39 is 28.2 Å². The Morgan fingerprint density at radius 2 is 1.97 bits per heavy atom. The number of hydrogen-bond donors (Lipinski definition) is 0. The number of nitrogens with zero attached hydrogens (tertiary/aromatic N) is 4. The number of hydrogen-bond acceptors (Lipinski definition) is 5. The molecule has 0 spiro atoms. The highest BCUT2D eigenvalue weighted by Crippen LogP contribution is 2.31. The summed E-state index contributed by atoms with van der Waals surface area (Å²) < 4.78 is 52.9. The van der Waals surface area contributed by atoms with E-state index >= 15 is 0 Å². The van der Waals surface area contributed by atoms with Gasteiger partial charge in [-0.15, -0.1) is 0 Å². The van der Waals surface area contributed by atoms with Crippen LogP contribution in [0.15, 0.2) is 63.6 Å². The van der Waals surface area contributed by atoms with Crippen LogP contribution in [-0.4, -0.2) is 32.1 Å². The molecule has 0 aliphatic carbocycles. The number of aromatic nitrogens is 3. The first kappa shape index (κ1) is 23.4. The molecule has 2 aromatic heterocycles. The van der Waals surface area contributed by atoms with Gasteiger partial charge in [0.05, 0.1) is 17.9 Å². The van der Waals surface area contributed by atoms with E-state index in [9.17, 15) is 22.5 Å². The van der Waals surface area contributed by atoms with E-state index in [1.54, 1.807) is 12.1 Å². The minimum atomic E-state index is -4.73. The van der Waals surface area contributed by atoms with Crippen LogP contribution >= 0.6 is 0 Å². The average Bonchev–Trinajstić information content (AvgIpc) is 2.75. The van der Waals surface area contributed by atoms with Gasteiger partial charge in [0.15, 0.2) is 5.69 Å². The molecule has 0 aliphatic rings. The molecule has 3 rings (SSSR count). The molecule has 32 heavy (non-hydrogen) atoms. The Morgan fingerprint density at radius 1 is 1.22 bits per heavy atom. The predicted octanol–water partition coefficient (Wildman–Crippen LogP) is 4.48. The second-order valence-electron chi connectivity index (χ2n) is 6.81. The molecule has 0 N–H and O–H groups in total. The van der Waals surface area contributed by atoms with Crippen molar-refractivity contribution < 1.29 is 17.7 Å². The molecule has 0 radical (unpaired) electrons. The van der Waals surface area contributed by atoms with E-state index in [-0.39, 0.29) is 23.4 Å². The van der Waals surface area contributed by atoms with Gasteiger partial charge in [-0.2, -0.15) is 23.1 Å². The van der Waals surface area contributed by atoms with E-state index in [2.05, 4.69) is 21.7 Å². The van der Waals surface area contributed by atoms with Gasteiger partial charge in [0, 0.05) is 34.6 Å². The van der Waals surface area contributed by atoms with E-state index in [4.69, 9.17) is 0 Å². The Bertz CT molecular complexity index is 1240. The summed E-state index contributed by atoms with van der Waals surface area (Å²) in [5, 5.41) is -0.434. The van der Waals surface area contributed by atoms with Crippen LogP contribution in [0.25, 0.3) is 17.3 Å². The third-order valence-electron chi connectivity index (χ3n) is 4.49. The van der Waals surface area contributed by atoms with Crippen molar-refractivity contribution >= 4 is 29.7 Å². The predicted molar refractivity (Wildman–Crippen MR) is 119 cm³/mol. The highest BCUT2D eigenvalue weighted by Gasteiger charge is 2.35. The zero-order chi connectivity index (χ0) is 23.5. The van der Waals surface area contributed by atoms with Gasteiger partial charge in [-0.1, -0.05) is 18.2 Å². The molecule has 0 aliphatic heterocycles. The molecule has 0 saturated carbocycles. The second kappa shape index (κ2) is 9.49. The second-order valence-corrected chi connectivity index (χ2v) is 8.08. The molecule has 6 nitrogen and oxygen atoms in total. The lowest BCUT2D eigenvalue weighted by Gasteiger charge is -2.12. The molecule has 2 heterocycles. The fraction of sp³-hybridized carbons (Fsp3) is 0.182. The summed E-state index contributed by atoms with van der Waals surface area (Å²) in [7, 11) is 0. The monoisotopic (exact) mass is 460 g/mol. The van der Waals surface area contributed by atoms with Gasteiger partial charge in [0.2, 0.25) is 0 Å². The maximum atomic E-state index is 13.3. The Balaban J connectivity index is 2.05. The molecule has 1 atom stereocenters. The molecule has 0 amide bonds.